The summed E-state index contributed by atoms with van der Waals surface area (Å²) in [6.45, 7) is 0.289. The van der Waals surface area contributed by atoms with Gasteiger partial charge >= 0.3 is 6.18 Å². The second kappa shape index (κ2) is 5.74. The van der Waals surface area contributed by atoms with Gasteiger partial charge in [0.15, 0.2) is 0 Å². The molecule has 2 rings (SSSR count). The highest BCUT2D eigenvalue weighted by atomic mass is 35.5. The van der Waals surface area contributed by atoms with E-state index in [0.717, 1.165) is 18.9 Å². The summed E-state index contributed by atoms with van der Waals surface area (Å²) >= 11 is 5.84. The van der Waals surface area contributed by atoms with Gasteiger partial charge in [-0.25, -0.2) is 0 Å². The van der Waals surface area contributed by atoms with Crippen LogP contribution in [0.15, 0.2) is 30.5 Å². The number of alkyl halides is 3. The molecule has 0 radical (unpaired) electrons. The van der Waals surface area contributed by atoms with Gasteiger partial charge in [0.1, 0.15) is 6.10 Å². The van der Waals surface area contributed by atoms with E-state index < -0.39 is 11.7 Å². The number of nitrogens with one attached hydrogen (secondary N) is 1. The highest BCUT2D eigenvalue weighted by molar-refractivity contribution is 6.33. The predicted molar refractivity (Wildman–Crippen MR) is 68.2 cm³/mol. The van der Waals surface area contributed by atoms with Crippen molar-refractivity contribution in [3.63, 3.8) is 0 Å². The van der Waals surface area contributed by atoms with Gasteiger partial charge in [-0.1, -0.05) is 17.7 Å². The topological polar surface area (TPSA) is 21.3 Å². The summed E-state index contributed by atoms with van der Waals surface area (Å²) in [4.78, 5) is 0. The van der Waals surface area contributed by atoms with Gasteiger partial charge in [0, 0.05) is 0 Å². The fourth-order valence-electron chi connectivity index (χ4n) is 1.89. The molecular weight excluding hydrogens is 279 g/mol. The third-order valence-corrected chi connectivity index (χ3v) is 3.16. The van der Waals surface area contributed by atoms with Crippen LogP contribution in [0.2, 0.25) is 5.02 Å². The molecule has 0 aliphatic carbocycles. The molecule has 104 valence electrons. The quantitative estimate of drug-likeness (QED) is 0.887. The number of hydrogen-bond acceptors (Lipinski definition) is 2. The van der Waals surface area contributed by atoms with E-state index in [9.17, 15) is 13.2 Å². The molecule has 0 fully saturated rings. The van der Waals surface area contributed by atoms with Crippen LogP contribution in [0.25, 0.3) is 0 Å². The van der Waals surface area contributed by atoms with E-state index in [1.165, 1.54) is 12.1 Å². The molecule has 19 heavy (non-hydrogen) atoms. The van der Waals surface area contributed by atoms with Crippen LogP contribution in [0.4, 0.5) is 18.9 Å². The van der Waals surface area contributed by atoms with E-state index in [0.29, 0.717) is 0 Å². The molecule has 1 aliphatic heterocycles. The fraction of sp³-hybridized carbons (Fsp3) is 0.385. The highest BCUT2D eigenvalue weighted by Crippen LogP contribution is 2.38. The molecule has 2 nitrogen and oxygen atoms in total. The summed E-state index contributed by atoms with van der Waals surface area (Å²) in [5.74, 6) is 0. The van der Waals surface area contributed by atoms with Crippen LogP contribution >= 0.6 is 11.6 Å². The van der Waals surface area contributed by atoms with Gasteiger partial charge in [-0.2, -0.15) is 13.2 Å². The number of halogens is 4. The third kappa shape index (κ3) is 3.56. The molecule has 0 bridgehead atoms. The molecule has 6 heteroatoms. The van der Waals surface area contributed by atoms with Crippen molar-refractivity contribution in [2.75, 3.05) is 11.9 Å². The first-order valence-electron chi connectivity index (χ1n) is 5.88. The third-order valence-electron chi connectivity index (χ3n) is 2.85. The first kappa shape index (κ1) is 14.1. The Bertz CT molecular complexity index is 473. The lowest BCUT2D eigenvalue weighted by molar-refractivity contribution is -0.137. The molecule has 0 amide bonds. The van der Waals surface area contributed by atoms with Crippen molar-refractivity contribution in [3.8, 4) is 0 Å². The Kier molecular flexibility index (Phi) is 4.24. The van der Waals surface area contributed by atoms with Crippen LogP contribution in [0.1, 0.15) is 18.4 Å². The van der Waals surface area contributed by atoms with Gasteiger partial charge in [0.2, 0.25) is 0 Å². The smallest absolute Gasteiger partial charge is 0.418 e. The average Bonchev–Trinajstić information content (AvgIpc) is 2.37. The van der Waals surface area contributed by atoms with E-state index in [2.05, 4.69) is 5.32 Å². The van der Waals surface area contributed by atoms with Crippen molar-refractivity contribution in [2.45, 2.75) is 25.1 Å². The minimum absolute atomic E-state index is 0.0566. The van der Waals surface area contributed by atoms with E-state index >= 15 is 0 Å². The molecular formula is C13H13ClF3NO. The highest BCUT2D eigenvalue weighted by Gasteiger charge is 2.34. The Morgan fingerprint density at radius 3 is 2.79 bits per heavy atom. The van der Waals surface area contributed by atoms with Crippen molar-refractivity contribution in [1.82, 2.24) is 0 Å². The number of anilines is 1. The lowest BCUT2D eigenvalue weighted by Gasteiger charge is -2.22. The molecule has 1 aliphatic rings. The molecule has 1 unspecified atom stereocenters. The Labute approximate surface area is 114 Å². The first-order valence-corrected chi connectivity index (χ1v) is 6.26. The number of allylic oxidation sites excluding steroid dienone is 1. The molecule has 0 aromatic heterocycles. The summed E-state index contributed by atoms with van der Waals surface area (Å²) in [7, 11) is 0. The lowest BCUT2D eigenvalue weighted by atomic mass is 10.1. The molecule has 1 N–H and O–H groups in total. The van der Waals surface area contributed by atoms with Crippen LogP contribution in [-0.4, -0.2) is 12.6 Å². The fourth-order valence-corrected chi connectivity index (χ4v) is 2.13. The number of rotatable bonds is 3. The van der Waals surface area contributed by atoms with Gasteiger partial charge in [0.05, 0.1) is 29.1 Å². The van der Waals surface area contributed by atoms with Gasteiger partial charge in [-0.05, 0) is 31.1 Å². The first-order chi connectivity index (χ1) is 8.98. The lowest BCUT2D eigenvalue weighted by Crippen LogP contribution is -2.24. The standard InChI is InChI=1S/C13H13ClF3NO/c14-11-6-3-5-10(13(15,16)17)12(11)18-8-9-4-1-2-7-19-9/h2-3,5-7,9,18H,1,4,8H2. The van der Waals surface area contributed by atoms with Crippen LogP contribution in [0, 0.1) is 0 Å². The zero-order valence-corrected chi connectivity index (χ0v) is 10.8. The number of benzene rings is 1. The Morgan fingerprint density at radius 2 is 2.16 bits per heavy atom. The van der Waals surface area contributed by atoms with Crippen LogP contribution in [0.3, 0.4) is 0 Å². The maximum Gasteiger partial charge on any atom is 0.418 e. The van der Waals surface area contributed by atoms with E-state index in [4.69, 9.17) is 16.3 Å². The minimum atomic E-state index is -4.43. The zero-order valence-electron chi connectivity index (χ0n) is 10.0. The van der Waals surface area contributed by atoms with Crippen molar-refractivity contribution in [3.05, 3.63) is 41.1 Å². The molecule has 0 saturated carbocycles. The van der Waals surface area contributed by atoms with Crippen LogP contribution in [-0.2, 0) is 10.9 Å². The van der Waals surface area contributed by atoms with E-state index in [1.807, 2.05) is 6.08 Å². The summed E-state index contributed by atoms with van der Waals surface area (Å²) in [5, 5.41) is 2.80. The summed E-state index contributed by atoms with van der Waals surface area (Å²) < 4.78 is 43.9. The maximum atomic E-state index is 12.9. The van der Waals surface area contributed by atoms with Crippen LogP contribution in [0.5, 0.6) is 0 Å². The molecule has 1 aromatic rings. The van der Waals surface area contributed by atoms with Gasteiger partial charge in [-0.3, -0.25) is 0 Å². The van der Waals surface area contributed by atoms with Crippen LogP contribution < -0.4 is 5.32 Å². The maximum absolute atomic E-state index is 12.9. The summed E-state index contributed by atoms with van der Waals surface area (Å²) in [5.41, 5.74) is -0.846. The second-order valence-corrected chi connectivity index (χ2v) is 4.66. The van der Waals surface area contributed by atoms with Gasteiger partial charge in [-0.15, -0.1) is 0 Å². The van der Waals surface area contributed by atoms with Gasteiger partial charge < -0.3 is 10.1 Å². The molecule has 1 atom stereocenters. The molecule has 1 aromatic carbocycles. The average molecular weight is 292 g/mol. The zero-order chi connectivity index (χ0) is 13.9. The normalized spacial score (nSPS) is 19.1. The monoisotopic (exact) mass is 291 g/mol. The largest absolute Gasteiger partial charge is 0.497 e. The Balaban J connectivity index is 2.12. The number of hydrogen-bond donors (Lipinski definition) is 1. The van der Waals surface area contributed by atoms with Crippen molar-refractivity contribution in [1.29, 1.82) is 0 Å². The number of ether oxygens (including phenoxy) is 1. The van der Waals surface area contributed by atoms with E-state index in [1.54, 1.807) is 6.26 Å². The Morgan fingerprint density at radius 1 is 1.37 bits per heavy atom. The number of para-hydroxylation sites is 1. The summed E-state index contributed by atoms with van der Waals surface area (Å²) in [6, 6.07) is 3.73. The van der Waals surface area contributed by atoms with Crippen molar-refractivity contribution >= 4 is 17.3 Å². The molecule has 1 heterocycles. The Hall–Kier alpha value is -1.36. The van der Waals surface area contributed by atoms with Crippen molar-refractivity contribution in [2.24, 2.45) is 0 Å². The predicted octanol–water partition coefficient (Wildman–Crippen LogP) is 4.46. The van der Waals surface area contributed by atoms with Crippen molar-refractivity contribution < 1.29 is 17.9 Å². The van der Waals surface area contributed by atoms with E-state index in [-0.39, 0.29) is 23.4 Å². The molecule has 0 spiro atoms. The minimum Gasteiger partial charge on any atom is -0.497 e. The summed E-state index contributed by atoms with van der Waals surface area (Å²) in [6.07, 6.45) is 0.527. The SMILES string of the molecule is FC(F)(F)c1cccc(Cl)c1NCC1CCC=CO1. The molecule has 0 saturated heterocycles. The van der Waals surface area contributed by atoms with Gasteiger partial charge in [0.25, 0.3) is 0 Å². The second-order valence-electron chi connectivity index (χ2n) is 4.25.